The summed E-state index contributed by atoms with van der Waals surface area (Å²) in [6.07, 6.45) is 0. The van der Waals surface area contributed by atoms with Crippen LogP contribution < -0.4 is 5.32 Å². The van der Waals surface area contributed by atoms with Gasteiger partial charge in [-0.2, -0.15) is 0 Å². The first-order valence-electron chi connectivity index (χ1n) is 5.47. The summed E-state index contributed by atoms with van der Waals surface area (Å²) >= 11 is 0. The highest BCUT2D eigenvalue weighted by atomic mass is 16.3. The van der Waals surface area contributed by atoms with Gasteiger partial charge in [0.1, 0.15) is 17.1 Å². The van der Waals surface area contributed by atoms with Gasteiger partial charge in [-0.25, -0.2) is 0 Å². The van der Waals surface area contributed by atoms with Crippen LogP contribution >= 0.6 is 0 Å². The smallest absolute Gasteiger partial charge is 0.263 e. The molecule has 0 saturated heterocycles. The van der Waals surface area contributed by atoms with E-state index in [1.54, 1.807) is 12.1 Å². The van der Waals surface area contributed by atoms with Gasteiger partial charge < -0.3 is 15.5 Å². The lowest BCUT2D eigenvalue weighted by Gasteiger charge is -2.08. The first-order chi connectivity index (χ1) is 8.58. The third kappa shape index (κ3) is 2.43. The molecular formula is C14H13NO3. The molecule has 0 aliphatic rings. The number of amides is 1. The van der Waals surface area contributed by atoms with Crippen molar-refractivity contribution >= 4 is 11.6 Å². The standard InChI is InChI=1S/C14H13NO3/c1-9-4-2-5-10(8-9)15-14(18)13-11(16)6-3-7-12(13)17/h2-8,16-17H,1H3,(H,15,18). The van der Waals surface area contributed by atoms with Crippen LogP contribution in [-0.4, -0.2) is 16.1 Å². The fourth-order valence-electron chi connectivity index (χ4n) is 1.68. The minimum atomic E-state index is -0.545. The van der Waals surface area contributed by atoms with Gasteiger partial charge in [0.2, 0.25) is 0 Å². The molecule has 0 aromatic heterocycles. The molecule has 4 heteroatoms. The molecule has 0 radical (unpaired) electrons. The molecule has 0 heterocycles. The van der Waals surface area contributed by atoms with Crippen LogP contribution in [0.2, 0.25) is 0 Å². The number of rotatable bonds is 2. The Kier molecular flexibility index (Phi) is 3.19. The van der Waals surface area contributed by atoms with Gasteiger partial charge in [-0.05, 0) is 36.8 Å². The van der Waals surface area contributed by atoms with Crippen molar-refractivity contribution in [3.8, 4) is 11.5 Å². The molecule has 0 bridgehead atoms. The number of carbonyl (C=O) groups is 1. The van der Waals surface area contributed by atoms with E-state index in [-0.39, 0.29) is 17.1 Å². The zero-order valence-electron chi connectivity index (χ0n) is 9.84. The van der Waals surface area contributed by atoms with E-state index in [9.17, 15) is 15.0 Å². The van der Waals surface area contributed by atoms with E-state index in [1.807, 2.05) is 19.1 Å². The van der Waals surface area contributed by atoms with Gasteiger partial charge in [0.25, 0.3) is 5.91 Å². The summed E-state index contributed by atoms with van der Waals surface area (Å²) in [6.45, 7) is 1.91. The highest BCUT2D eigenvalue weighted by Gasteiger charge is 2.15. The number of aryl methyl sites for hydroxylation is 1. The van der Waals surface area contributed by atoms with E-state index in [2.05, 4.69) is 5.32 Å². The number of phenols is 2. The van der Waals surface area contributed by atoms with Gasteiger partial charge in [-0.15, -0.1) is 0 Å². The maximum Gasteiger partial charge on any atom is 0.263 e. The SMILES string of the molecule is Cc1cccc(NC(=O)c2c(O)cccc2O)c1. The Balaban J connectivity index is 2.28. The van der Waals surface area contributed by atoms with Crippen LogP contribution in [0, 0.1) is 6.92 Å². The summed E-state index contributed by atoms with van der Waals surface area (Å²) in [5.41, 5.74) is 1.50. The number of benzene rings is 2. The maximum atomic E-state index is 11.9. The molecular weight excluding hydrogens is 230 g/mol. The van der Waals surface area contributed by atoms with Gasteiger partial charge in [-0.3, -0.25) is 4.79 Å². The van der Waals surface area contributed by atoms with Gasteiger partial charge in [-0.1, -0.05) is 18.2 Å². The number of phenolic OH excluding ortho intramolecular Hbond substituents is 2. The van der Waals surface area contributed by atoms with Crippen LogP contribution in [0.4, 0.5) is 5.69 Å². The summed E-state index contributed by atoms with van der Waals surface area (Å²) in [4.78, 5) is 11.9. The molecule has 0 aliphatic heterocycles. The summed E-state index contributed by atoms with van der Waals surface area (Å²) in [6, 6.07) is 11.4. The fourth-order valence-corrected chi connectivity index (χ4v) is 1.68. The van der Waals surface area contributed by atoms with Crippen LogP contribution in [0.3, 0.4) is 0 Å². The van der Waals surface area contributed by atoms with Crippen LogP contribution in [-0.2, 0) is 0 Å². The normalized spacial score (nSPS) is 10.1. The van der Waals surface area contributed by atoms with E-state index < -0.39 is 5.91 Å². The molecule has 0 atom stereocenters. The average molecular weight is 243 g/mol. The average Bonchev–Trinajstić information content (AvgIpc) is 2.28. The molecule has 4 nitrogen and oxygen atoms in total. The minimum Gasteiger partial charge on any atom is -0.507 e. The molecule has 92 valence electrons. The van der Waals surface area contributed by atoms with Crippen molar-refractivity contribution < 1.29 is 15.0 Å². The van der Waals surface area contributed by atoms with E-state index in [0.717, 1.165) is 5.56 Å². The number of hydrogen-bond acceptors (Lipinski definition) is 3. The molecule has 0 saturated carbocycles. The van der Waals surface area contributed by atoms with Crippen molar-refractivity contribution in [1.29, 1.82) is 0 Å². The Morgan fingerprint density at radius 1 is 1.06 bits per heavy atom. The lowest BCUT2D eigenvalue weighted by Crippen LogP contribution is -2.12. The van der Waals surface area contributed by atoms with Gasteiger partial charge in [0.15, 0.2) is 0 Å². The topological polar surface area (TPSA) is 69.6 Å². The Labute approximate surface area is 105 Å². The summed E-state index contributed by atoms with van der Waals surface area (Å²) < 4.78 is 0. The third-order valence-electron chi connectivity index (χ3n) is 2.52. The maximum absolute atomic E-state index is 11.9. The summed E-state index contributed by atoms with van der Waals surface area (Å²) in [5.74, 6) is -1.04. The Morgan fingerprint density at radius 3 is 2.28 bits per heavy atom. The molecule has 2 aromatic rings. The molecule has 1 amide bonds. The summed E-state index contributed by atoms with van der Waals surface area (Å²) in [7, 11) is 0. The lowest BCUT2D eigenvalue weighted by molar-refractivity contribution is 0.102. The zero-order chi connectivity index (χ0) is 13.1. The largest absolute Gasteiger partial charge is 0.507 e. The van der Waals surface area contributed by atoms with Crippen molar-refractivity contribution in [2.75, 3.05) is 5.32 Å². The van der Waals surface area contributed by atoms with Crippen LogP contribution in [0.25, 0.3) is 0 Å². The first kappa shape index (κ1) is 12.0. The monoisotopic (exact) mass is 243 g/mol. The molecule has 0 aliphatic carbocycles. The molecule has 2 aromatic carbocycles. The van der Waals surface area contributed by atoms with E-state index in [4.69, 9.17) is 0 Å². The molecule has 0 fully saturated rings. The fraction of sp³-hybridized carbons (Fsp3) is 0.0714. The second-order valence-electron chi connectivity index (χ2n) is 3.99. The Bertz CT molecular complexity index is 573. The predicted octanol–water partition coefficient (Wildman–Crippen LogP) is 2.66. The third-order valence-corrected chi connectivity index (χ3v) is 2.52. The molecule has 3 N–H and O–H groups in total. The van der Waals surface area contributed by atoms with Crippen LogP contribution in [0.1, 0.15) is 15.9 Å². The van der Waals surface area contributed by atoms with Crippen LogP contribution in [0.5, 0.6) is 11.5 Å². The van der Waals surface area contributed by atoms with Crippen molar-refractivity contribution in [3.63, 3.8) is 0 Å². The van der Waals surface area contributed by atoms with Gasteiger partial charge >= 0.3 is 0 Å². The van der Waals surface area contributed by atoms with Gasteiger partial charge in [0, 0.05) is 5.69 Å². The zero-order valence-corrected chi connectivity index (χ0v) is 9.84. The van der Waals surface area contributed by atoms with E-state index >= 15 is 0 Å². The second-order valence-corrected chi connectivity index (χ2v) is 3.99. The van der Waals surface area contributed by atoms with Crippen LogP contribution in [0.15, 0.2) is 42.5 Å². The molecule has 2 rings (SSSR count). The lowest BCUT2D eigenvalue weighted by atomic mass is 10.1. The number of hydrogen-bond donors (Lipinski definition) is 3. The van der Waals surface area contributed by atoms with Gasteiger partial charge in [0.05, 0.1) is 0 Å². The predicted molar refractivity (Wildman–Crippen MR) is 68.9 cm³/mol. The minimum absolute atomic E-state index is 0.126. The molecule has 0 unspecified atom stereocenters. The number of anilines is 1. The Hall–Kier alpha value is -2.49. The quantitative estimate of drug-likeness (QED) is 0.759. The highest BCUT2D eigenvalue weighted by molar-refractivity contribution is 6.08. The molecule has 0 spiro atoms. The first-order valence-corrected chi connectivity index (χ1v) is 5.47. The number of nitrogens with one attached hydrogen (secondary N) is 1. The number of aromatic hydroxyl groups is 2. The summed E-state index contributed by atoms with van der Waals surface area (Å²) in [5, 5.41) is 21.8. The Morgan fingerprint density at radius 2 is 1.67 bits per heavy atom. The second kappa shape index (κ2) is 4.79. The highest BCUT2D eigenvalue weighted by Crippen LogP contribution is 2.27. The van der Waals surface area contributed by atoms with Crippen molar-refractivity contribution in [3.05, 3.63) is 53.6 Å². The molecule has 18 heavy (non-hydrogen) atoms. The van der Waals surface area contributed by atoms with Crippen molar-refractivity contribution in [1.82, 2.24) is 0 Å². The number of carbonyl (C=O) groups excluding carboxylic acids is 1. The van der Waals surface area contributed by atoms with E-state index in [1.165, 1.54) is 18.2 Å². The van der Waals surface area contributed by atoms with Crippen molar-refractivity contribution in [2.24, 2.45) is 0 Å². The van der Waals surface area contributed by atoms with Crippen molar-refractivity contribution in [2.45, 2.75) is 6.92 Å². The van der Waals surface area contributed by atoms with E-state index in [0.29, 0.717) is 5.69 Å².